The maximum absolute atomic E-state index is 12.9. The molecule has 1 atom stereocenters. The molecule has 5 nitrogen and oxygen atoms in total. The molecule has 0 aliphatic carbocycles. The van der Waals surface area contributed by atoms with Crippen LogP contribution in [0.2, 0.25) is 5.02 Å². The second-order valence-electron chi connectivity index (χ2n) is 6.35. The van der Waals surface area contributed by atoms with E-state index in [2.05, 4.69) is 17.3 Å². The summed E-state index contributed by atoms with van der Waals surface area (Å²) >= 11 is 7.49. The van der Waals surface area contributed by atoms with Crippen LogP contribution in [0.1, 0.15) is 22.3 Å². The Hall–Kier alpha value is -1.89. The topological polar surface area (TPSA) is 50.2 Å². The lowest BCUT2D eigenvalue weighted by molar-refractivity contribution is 0.0661. The van der Waals surface area contributed by atoms with Crippen molar-refractivity contribution >= 4 is 39.1 Å². The van der Waals surface area contributed by atoms with Crippen LogP contribution in [-0.4, -0.2) is 46.3 Å². The summed E-state index contributed by atoms with van der Waals surface area (Å²) in [6.45, 7) is 6.49. The van der Waals surface area contributed by atoms with Crippen molar-refractivity contribution < 1.29 is 4.79 Å². The van der Waals surface area contributed by atoms with E-state index in [1.807, 2.05) is 46.8 Å². The van der Waals surface area contributed by atoms with Crippen LogP contribution in [0.15, 0.2) is 30.3 Å². The van der Waals surface area contributed by atoms with E-state index in [0.717, 1.165) is 46.1 Å². The SMILES string of the molecule is Cc1nn(-c2ccc(Cl)cc2)c2sc(C(=O)N3CCNCC3C)cc12. The number of halogens is 1. The molecule has 1 unspecified atom stereocenters. The fraction of sp³-hybridized carbons (Fsp3) is 0.333. The smallest absolute Gasteiger partial charge is 0.264 e. The summed E-state index contributed by atoms with van der Waals surface area (Å²) in [5.74, 6) is 0.109. The number of amides is 1. The number of thiophene rings is 1. The van der Waals surface area contributed by atoms with E-state index in [1.165, 1.54) is 11.3 Å². The maximum atomic E-state index is 12.9. The number of aryl methyl sites for hydroxylation is 1. The van der Waals surface area contributed by atoms with Gasteiger partial charge in [-0.15, -0.1) is 11.3 Å². The second kappa shape index (κ2) is 6.44. The molecule has 0 saturated carbocycles. The molecule has 1 N–H and O–H groups in total. The van der Waals surface area contributed by atoms with Crippen molar-refractivity contribution in [2.75, 3.05) is 19.6 Å². The number of benzene rings is 1. The number of piperazine rings is 1. The highest BCUT2D eigenvalue weighted by Gasteiger charge is 2.26. The van der Waals surface area contributed by atoms with E-state index < -0.39 is 0 Å². The Balaban J connectivity index is 1.74. The van der Waals surface area contributed by atoms with Crippen LogP contribution in [0.25, 0.3) is 15.9 Å². The molecule has 1 aromatic carbocycles. The summed E-state index contributed by atoms with van der Waals surface area (Å²) in [7, 11) is 0. The summed E-state index contributed by atoms with van der Waals surface area (Å²) in [5, 5.41) is 9.67. The first-order chi connectivity index (χ1) is 12.0. The van der Waals surface area contributed by atoms with E-state index in [9.17, 15) is 4.79 Å². The van der Waals surface area contributed by atoms with Crippen molar-refractivity contribution in [3.05, 3.63) is 45.9 Å². The maximum Gasteiger partial charge on any atom is 0.264 e. The summed E-state index contributed by atoms with van der Waals surface area (Å²) in [6, 6.07) is 9.76. The van der Waals surface area contributed by atoms with Crippen LogP contribution in [0.4, 0.5) is 0 Å². The van der Waals surface area contributed by atoms with Crippen molar-refractivity contribution in [3.63, 3.8) is 0 Å². The van der Waals surface area contributed by atoms with E-state index in [1.54, 1.807) is 0 Å². The highest BCUT2D eigenvalue weighted by Crippen LogP contribution is 2.31. The number of hydrogen-bond acceptors (Lipinski definition) is 4. The summed E-state index contributed by atoms with van der Waals surface area (Å²) in [6.07, 6.45) is 0. The van der Waals surface area contributed by atoms with Crippen molar-refractivity contribution in [1.29, 1.82) is 0 Å². The minimum Gasteiger partial charge on any atom is -0.333 e. The van der Waals surface area contributed by atoms with Crippen molar-refractivity contribution in [3.8, 4) is 5.69 Å². The third kappa shape index (κ3) is 2.94. The molecule has 3 aromatic rings. The van der Waals surface area contributed by atoms with Gasteiger partial charge < -0.3 is 10.2 Å². The van der Waals surface area contributed by atoms with Crippen LogP contribution in [-0.2, 0) is 0 Å². The minimum absolute atomic E-state index is 0.109. The predicted molar refractivity (Wildman–Crippen MR) is 102 cm³/mol. The minimum atomic E-state index is 0.109. The summed E-state index contributed by atoms with van der Waals surface area (Å²) in [5.41, 5.74) is 1.87. The van der Waals surface area contributed by atoms with Gasteiger partial charge in [-0.1, -0.05) is 11.6 Å². The highest BCUT2D eigenvalue weighted by atomic mass is 35.5. The quantitative estimate of drug-likeness (QED) is 0.747. The molecule has 0 bridgehead atoms. The van der Waals surface area contributed by atoms with Gasteiger partial charge in [-0.05, 0) is 44.2 Å². The number of hydrogen-bond donors (Lipinski definition) is 1. The van der Waals surface area contributed by atoms with Gasteiger partial charge in [-0.3, -0.25) is 4.79 Å². The molecule has 4 rings (SSSR count). The van der Waals surface area contributed by atoms with E-state index in [-0.39, 0.29) is 11.9 Å². The standard InChI is InChI=1S/C18H19ClN4OS/c1-11-10-20-7-8-22(11)17(24)16-9-15-12(2)21-23(18(15)25-16)14-5-3-13(19)4-6-14/h3-6,9,11,20H,7-8,10H2,1-2H3. The number of carbonyl (C=O) groups excluding carboxylic acids is 1. The van der Waals surface area contributed by atoms with Crippen LogP contribution in [0, 0.1) is 6.92 Å². The number of nitrogens with zero attached hydrogens (tertiary/aromatic N) is 3. The second-order valence-corrected chi connectivity index (χ2v) is 7.82. The van der Waals surface area contributed by atoms with E-state index >= 15 is 0 Å². The van der Waals surface area contributed by atoms with Gasteiger partial charge in [0.25, 0.3) is 5.91 Å². The zero-order valence-electron chi connectivity index (χ0n) is 14.1. The Bertz CT molecular complexity index is 931. The Labute approximate surface area is 155 Å². The Morgan fingerprint density at radius 3 is 2.84 bits per heavy atom. The molecule has 1 aliphatic rings. The molecular weight excluding hydrogens is 356 g/mol. The zero-order chi connectivity index (χ0) is 17.6. The first-order valence-electron chi connectivity index (χ1n) is 8.31. The molecule has 1 amide bonds. The van der Waals surface area contributed by atoms with Crippen molar-refractivity contribution in [1.82, 2.24) is 20.0 Å². The summed E-state index contributed by atoms with van der Waals surface area (Å²) in [4.78, 5) is 16.7. The average molecular weight is 375 g/mol. The predicted octanol–water partition coefficient (Wildman–Crippen LogP) is 3.48. The number of rotatable bonds is 2. The molecular formula is C18H19ClN4OS. The third-order valence-electron chi connectivity index (χ3n) is 4.59. The molecule has 3 heterocycles. The fourth-order valence-corrected chi connectivity index (χ4v) is 4.46. The molecule has 7 heteroatoms. The first-order valence-corrected chi connectivity index (χ1v) is 9.51. The van der Waals surface area contributed by atoms with Gasteiger partial charge in [0.05, 0.1) is 16.3 Å². The number of nitrogens with one attached hydrogen (secondary N) is 1. The molecule has 0 radical (unpaired) electrons. The Kier molecular flexibility index (Phi) is 4.27. The molecule has 25 heavy (non-hydrogen) atoms. The lowest BCUT2D eigenvalue weighted by Crippen LogP contribution is -2.52. The first kappa shape index (κ1) is 16.6. The van der Waals surface area contributed by atoms with Crippen LogP contribution >= 0.6 is 22.9 Å². The molecule has 1 aliphatic heterocycles. The normalized spacial score (nSPS) is 18.0. The average Bonchev–Trinajstić information content (AvgIpc) is 3.17. The monoisotopic (exact) mass is 374 g/mol. The van der Waals surface area contributed by atoms with E-state index in [4.69, 9.17) is 11.6 Å². The molecule has 2 aromatic heterocycles. The van der Waals surface area contributed by atoms with Gasteiger partial charge in [0.15, 0.2) is 0 Å². The van der Waals surface area contributed by atoms with Gasteiger partial charge in [-0.25, -0.2) is 4.68 Å². The molecule has 130 valence electrons. The van der Waals surface area contributed by atoms with Gasteiger partial charge in [0.2, 0.25) is 0 Å². The van der Waals surface area contributed by atoms with Gasteiger partial charge >= 0.3 is 0 Å². The highest BCUT2D eigenvalue weighted by molar-refractivity contribution is 7.20. The zero-order valence-corrected chi connectivity index (χ0v) is 15.7. The molecule has 1 saturated heterocycles. The van der Waals surface area contributed by atoms with Gasteiger partial charge in [0, 0.05) is 36.1 Å². The number of fused-ring (bicyclic) bond motifs is 1. The van der Waals surface area contributed by atoms with Crippen molar-refractivity contribution in [2.24, 2.45) is 0 Å². The van der Waals surface area contributed by atoms with Crippen LogP contribution in [0.3, 0.4) is 0 Å². The Morgan fingerprint density at radius 2 is 2.12 bits per heavy atom. The van der Waals surface area contributed by atoms with Gasteiger partial charge in [-0.2, -0.15) is 5.10 Å². The van der Waals surface area contributed by atoms with Crippen LogP contribution < -0.4 is 5.32 Å². The molecule has 1 fully saturated rings. The summed E-state index contributed by atoms with van der Waals surface area (Å²) < 4.78 is 1.89. The van der Waals surface area contributed by atoms with Crippen molar-refractivity contribution in [2.45, 2.75) is 19.9 Å². The Morgan fingerprint density at radius 1 is 1.36 bits per heavy atom. The number of aromatic nitrogens is 2. The number of carbonyl (C=O) groups is 1. The lowest BCUT2D eigenvalue weighted by Gasteiger charge is -2.33. The third-order valence-corrected chi connectivity index (χ3v) is 5.94. The fourth-order valence-electron chi connectivity index (χ4n) is 3.19. The van der Waals surface area contributed by atoms with Crippen LogP contribution in [0.5, 0.6) is 0 Å². The molecule has 0 spiro atoms. The lowest BCUT2D eigenvalue weighted by atomic mass is 10.2. The van der Waals surface area contributed by atoms with Gasteiger partial charge in [0.1, 0.15) is 4.83 Å². The van der Waals surface area contributed by atoms with E-state index in [0.29, 0.717) is 5.02 Å². The largest absolute Gasteiger partial charge is 0.333 e.